The van der Waals surface area contributed by atoms with Crippen LogP contribution in [0.15, 0.2) is 47.3 Å². The Morgan fingerprint density at radius 1 is 1.07 bits per heavy atom. The Hall–Kier alpha value is -3.24. The van der Waals surface area contributed by atoms with Gasteiger partial charge in [-0.15, -0.1) is 5.54 Å². The van der Waals surface area contributed by atoms with Gasteiger partial charge in [0, 0.05) is 5.56 Å². The van der Waals surface area contributed by atoms with E-state index < -0.39 is 14.0 Å². The summed E-state index contributed by atoms with van der Waals surface area (Å²) >= 11 is 0. The summed E-state index contributed by atoms with van der Waals surface area (Å²) in [6.45, 7) is 6.45. The predicted octanol–water partition coefficient (Wildman–Crippen LogP) is 3.17. The lowest BCUT2D eigenvalue weighted by atomic mass is 10.2. The molecule has 0 saturated heterocycles. The van der Waals surface area contributed by atoms with Gasteiger partial charge in [0.05, 0.1) is 24.7 Å². The monoisotopic (exact) mass is 408 g/mol. The molecular weight excluding hydrogens is 384 g/mol. The Balaban J connectivity index is 2.13. The van der Waals surface area contributed by atoms with Crippen molar-refractivity contribution in [3.05, 3.63) is 64.1 Å². The number of carboxylic acid groups (broad SMARTS) is 1. The molecule has 0 saturated carbocycles. The molecule has 0 spiro atoms. The van der Waals surface area contributed by atoms with Gasteiger partial charge in [-0.2, -0.15) is 0 Å². The van der Waals surface area contributed by atoms with E-state index in [1.54, 1.807) is 17.7 Å². The maximum absolute atomic E-state index is 13.0. The van der Waals surface area contributed by atoms with Crippen LogP contribution >= 0.6 is 0 Å². The van der Waals surface area contributed by atoms with Crippen molar-refractivity contribution >= 4 is 25.1 Å². The Bertz CT molecular complexity index is 1170. The number of rotatable bonds is 5. The summed E-state index contributed by atoms with van der Waals surface area (Å²) in [5.74, 6) is 2.88. The molecule has 1 N–H and O–H groups in total. The highest BCUT2D eigenvalue weighted by molar-refractivity contribution is 6.83. The molecule has 6 nitrogen and oxygen atoms in total. The molecule has 0 aliphatic rings. The van der Waals surface area contributed by atoms with Crippen LogP contribution in [-0.2, 0) is 17.9 Å². The second-order valence-electron chi connectivity index (χ2n) is 7.90. The fourth-order valence-corrected chi connectivity index (χ4v) is 3.53. The Morgan fingerprint density at radius 3 is 2.34 bits per heavy atom. The molecule has 0 aliphatic carbocycles. The van der Waals surface area contributed by atoms with Crippen molar-refractivity contribution < 1.29 is 14.6 Å². The van der Waals surface area contributed by atoms with Crippen LogP contribution in [0, 0.1) is 11.5 Å². The third-order valence-electron chi connectivity index (χ3n) is 4.39. The summed E-state index contributed by atoms with van der Waals surface area (Å²) in [7, 11) is 0.0562. The predicted molar refractivity (Wildman–Crippen MR) is 116 cm³/mol. The maximum Gasteiger partial charge on any atom is 0.329 e. The summed E-state index contributed by atoms with van der Waals surface area (Å²) < 4.78 is 8.07. The quantitative estimate of drug-likeness (QED) is 0.520. The molecule has 0 aliphatic heterocycles. The van der Waals surface area contributed by atoms with E-state index in [4.69, 9.17) is 4.74 Å². The average Bonchev–Trinajstić information content (AvgIpc) is 2.91. The molecule has 150 valence electrons. The van der Waals surface area contributed by atoms with E-state index in [-0.39, 0.29) is 12.2 Å². The highest BCUT2D eigenvalue weighted by Gasteiger charge is 2.16. The van der Waals surface area contributed by atoms with E-state index in [0.29, 0.717) is 17.6 Å². The highest BCUT2D eigenvalue weighted by Crippen LogP contribution is 2.18. The van der Waals surface area contributed by atoms with Gasteiger partial charge >= 0.3 is 11.7 Å². The van der Waals surface area contributed by atoms with Crippen molar-refractivity contribution in [2.75, 3.05) is 7.11 Å². The number of nitrogens with zero attached hydrogens (tertiary/aromatic N) is 2. The number of carboxylic acids is 1. The van der Waals surface area contributed by atoms with E-state index in [2.05, 4.69) is 31.1 Å². The molecule has 0 amide bonds. The first kappa shape index (κ1) is 20.5. The summed E-state index contributed by atoms with van der Waals surface area (Å²) in [6, 6.07) is 12.9. The van der Waals surface area contributed by atoms with Crippen LogP contribution in [-0.4, -0.2) is 35.4 Å². The van der Waals surface area contributed by atoms with E-state index >= 15 is 0 Å². The molecule has 1 heterocycles. The standard InChI is InChI=1S/C22H24N2O4Si/c1-28-18-8-5-17(6-9-18)14-23-20-13-16(11-12-29(2,3)4)7-10-19(20)24(22(23)27)15-21(25)26/h5-10,13H,14-15H2,1-4H3,(H,25,26). The fourth-order valence-electron chi connectivity index (χ4n) is 3.01. The van der Waals surface area contributed by atoms with Crippen molar-refractivity contribution in [2.45, 2.75) is 32.7 Å². The zero-order valence-electron chi connectivity index (χ0n) is 17.0. The summed E-state index contributed by atoms with van der Waals surface area (Å²) in [5.41, 5.74) is 5.97. The van der Waals surface area contributed by atoms with Gasteiger partial charge in [-0.3, -0.25) is 13.9 Å². The van der Waals surface area contributed by atoms with Gasteiger partial charge in [0.25, 0.3) is 0 Å². The van der Waals surface area contributed by atoms with E-state index in [9.17, 15) is 14.7 Å². The van der Waals surface area contributed by atoms with Crippen molar-refractivity contribution in [3.8, 4) is 17.2 Å². The van der Waals surface area contributed by atoms with E-state index in [1.165, 1.54) is 4.57 Å². The number of hydrogen-bond donors (Lipinski definition) is 1. The Labute approximate surface area is 170 Å². The number of benzene rings is 2. The molecule has 29 heavy (non-hydrogen) atoms. The van der Waals surface area contributed by atoms with Gasteiger partial charge in [0.2, 0.25) is 0 Å². The molecule has 0 atom stereocenters. The lowest BCUT2D eigenvalue weighted by Gasteiger charge is -2.06. The molecule has 0 radical (unpaired) electrons. The zero-order valence-corrected chi connectivity index (χ0v) is 18.0. The van der Waals surface area contributed by atoms with Crippen LogP contribution < -0.4 is 10.4 Å². The van der Waals surface area contributed by atoms with Crippen LogP contribution in [0.25, 0.3) is 11.0 Å². The first-order chi connectivity index (χ1) is 13.7. The Morgan fingerprint density at radius 2 is 1.76 bits per heavy atom. The number of carbonyl (C=O) groups is 1. The van der Waals surface area contributed by atoms with Crippen molar-refractivity contribution in [1.82, 2.24) is 9.13 Å². The molecule has 3 rings (SSSR count). The van der Waals surface area contributed by atoms with Gasteiger partial charge in [0.15, 0.2) is 0 Å². The minimum Gasteiger partial charge on any atom is -0.497 e. The number of fused-ring (bicyclic) bond motifs is 1. The fraction of sp³-hybridized carbons (Fsp3) is 0.273. The normalized spacial score (nSPS) is 11.2. The first-order valence-corrected chi connectivity index (χ1v) is 12.8. The number of imidazole rings is 1. The number of aromatic nitrogens is 2. The van der Waals surface area contributed by atoms with Crippen LogP contribution in [0.5, 0.6) is 5.75 Å². The number of methoxy groups -OCH3 is 1. The molecule has 1 aromatic heterocycles. The lowest BCUT2D eigenvalue weighted by Crippen LogP contribution is -2.27. The van der Waals surface area contributed by atoms with Crippen molar-refractivity contribution in [2.24, 2.45) is 0 Å². The Kier molecular flexibility index (Phi) is 5.66. The SMILES string of the molecule is COc1ccc(Cn2c(=O)n(CC(=O)O)c3ccc(C#C[Si](C)(C)C)cc32)cc1. The molecule has 7 heteroatoms. The van der Waals surface area contributed by atoms with Gasteiger partial charge in [-0.05, 0) is 35.9 Å². The van der Waals surface area contributed by atoms with Gasteiger partial charge < -0.3 is 9.84 Å². The van der Waals surface area contributed by atoms with Gasteiger partial charge in [-0.25, -0.2) is 4.79 Å². The minimum atomic E-state index is -1.54. The van der Waals surface area contributed by atoms with Crippen LogP contribution in [0.4, 0.5) is 0 Å². The zero-order chi connectivity index (χ0) is 21.2. The number of ether oxygens (including phenoxy) is 1. The van der Waals surface area contributed by atoms with Crippen molar-refractivity contribution in [1.29, 1.82) is 0 Å². The largest absolute Gasteiger partial charge is 0.497 e. The summed E-state index contributed by atoms with van der Waals surface area (Å²) in [5, 5.41) is 9.24. The summed E-state index contributed by atoms with van der Waals surface area (Å²) in [6.07, 6.45) is 0. The van der Waals surface area contributed by atoms with Gasteiger partial charge in [-0.1, -0.05) is 37.7 Å². The van der Waals surface area contributed by atoms with Crippen molar-refractivity contribution in [3.63, 3.8) is 0 Å². The summed E-state index contributed by atoms with van der Waals surface area (Å²) in [4.78, 5) is 24.3. The molecular formula is C22H24N2O4Si. The number of hydrogen-bond acceptors (Lipinski definition) is 3. The molecule has 3 aromatic rings. The lowest BCUT2D eigenvalue weighted by molar-refractivity contribution is -0.137. The van der Waals surface area contributed by atoms with Crippen LogP contribution in [0.3, 0.4) is 0 Å². The molecule has 0 unspecified atom stereocenters. The van der Waals surface area contributed by atoms with Crippen LogP contribution in [0.2, 0.25) is 19.6 Å². The second-order valence-corrected chi connectivity index (χ2v) is 12.7. The smallest absolute Gasteiger partial charge is 0.329 e. The minimum absolute atomic E-state index is 0.330. The maximum atomic E-state index is 13.0. The van der Waals surface area contributed by atoms with Crippen LogP contribution in [0.1, 0.15) is 11.1 Å². The van der Waals surface area contributed by atoms with E-state index in [0.717, 1.165) is 16.9 Å². The molecule has 0 fully saturated rings. The first-order valence-electron chi connectivity index (χ1n) is 9.29. The second kappa shape index (κ2) is 8.01. The molecule has 0 bridgehead atoms. The highest BCUT2D eigenvalue weighted by atomic mass is 28.3. The molecule has 2 aromatic carbocycles. The van der Waals surface area contributed by atoms with E-state index in [1.807, 2.05) is 36.4 Å². The third-order valence-corrected chi connectivity index (χ3v) is 5.27. The number of aliphatic carboxylic acids is 1. The topological polar surface area (TPSA) is 73.5 Å². The third kappa shape index (κ3) is 4.79. The van der Waals surface area contributed by atoms with Gasteiger partial charge in [0.1, 0.15) is 20.4 Å². The average molecular weight is 409 g/mol.